The number of amides is 1. The van der Waals surface area contributed by atoms with Gasteiger partial charge in [-0.1, -0.05) is 25.3 Å². The summed E-state index contributed by atoms with van der Waals surface area (Å²) in [4.78, 5) is 17.0. The summed E-state index contributed by atoms with van der Waals surface area (Å²) in [5.41, 5.74) is 1.49. The molecule has 0 spiro atoms. The monoisotopic (exact) mass is 354 g/mol. The van der Waals surface area contributed by atoms with Gasteiger partial charge in [0, 0.05) is 16.1 Å². The van der Waals surface area contributed by atoms with Crippen LogP contribution in [0.1, 0.15) is 41.7 Å². The maximum atomic E-state index is 12.3. The van der Waals surface area contributed by atoms with Crippen LogP contribution in [0.15, 0.2) is 16.7 Å². The molecule has 2 rings (SSSR count). The lowest BCUT2D eigenvalue weighted by Crippen LogP contribution is -2.20. The lowest BCUT2D eigenvalue weighted by Gasteiger charge is -2.16. The van der Waals surface area contributed by atoms with Crippen LogP contribution in [0.25, 0.3) is 0 Å². The number of nitrogens with zero attached hydrogens (tertiary/aromatic N) is 3. The Morgan fingerprint density at radius 3 is 2.70 bits per heavy atom. The van der Waals surface area contributed by atoms with E-state index in [0.717, 1.165) is 21.6 Å². The molecule has 0 unspecified atom stereocenters. The van der Waals surface area contributed by atoms with Gasteiger partial charge in [0.25, 0.3) is 5.91 Å². The molecular formula is C13H15BrN4OS. The lowest BCUT2D eigenvalue weighted by atomic mass is 9.91. The van der Waals surface area contributed by atoms with Crippen molar-refractivity contribution in [3.05, 3.63) is 32.9 Å². The summed E-state index contributed by atoms with van der Waals surface area (Å²) in [6.07, 6.45) is 1.67. The maximum Gasteiger partial charge on any atom is 0.270 e. The van der Waals surface area contributed by atoms with Crippen molar-refractivity contribution in [2.24, 2.45) is 0 Å². The standard InChI is InChI=1S/C13H15BrN4OS/c1-7-5-9(15-6-8(7)14)16-12(19)10-11(13(2,3)4)17-18-20-10/h5-6H,1-4H3,(H,15,16,19). The Hall–Kier alpha value is -1.34. The average molecular weight is 355 g/mol. The van der Waals surface area contributed by atoms with Crippen molar-refractivity contribution in [2.45, 2.75) is 33.1 Å². The number of nitrogens with one attached hydrogen (secondary N) is 1. The molecule has 0 bridgehead atoms. The minimum Gasteiger partial charge on any atom is -0.306 e. The van der Waals surface area contributed by atoms with Crippen molar-refractivity contribution >= 4 is 39.2 Å². The topological polar surface area (TPSA) is 67.8 Å². The van der Waals surface area contributed by atoms with Crippen LogP contribution in [-0.4, -0.2) is 20.5 Å². The third kappa shape index (κ3) is 3.21. The molecule has 0 aliphatic rings. The molecule has 0 atom stereocenters. The van der Waals surface area contributed by atoms with E-state index in [9.17, 15) is 4.79 Å². The molecule has 0 saturated heterocycles. The van der Waals surface area contributed by atoms with Crippen LogP contribution in [0.2, 0.25) is 0 Å². The van der Waals surface area contributed by atoms with Crippen LogP contribution in [0.3, 0.4) is 0 Å². The largest absolute Gasteiger partial charge is 0.306 e. The summed E-state index contributed by atoms with van der Waals surface area (Å²) in [5.74, 6) is 0.295. The number of carbonyl (C=O) groups excluding carboxylic acids is 1. The normalized spacial score (nSPS) is 11.4. The van der Waals surface area contributed by atoms with Gasteiger partial charge >= 0.3 is 0 Å². The molecule has 0 radical (unpaired) electrons. The van der Waals surface area contributed by atoms with Crippen molar-refractivity contribution in [3.8, 4) is 0 Å². The van der Waals surface area contributed by atoms with Gasteiger partial charge in [-0.05, 0) is 46.0 Å². The summed E-state index contributed by atoms with van der Waals surface area (Å²) < 4.78 is 4.79. The van der Waals surface area contributed by atoms with Crippen LogP contribution >= 0.6 is 27.5 Å². The fourth-order valence-corrected chi connectivity index (χ4v) is 2.60. The van der Waals surface area contributed by atoms with Crippen molar-refractivity contribution in [3.63, 3.8) is 0 Å². The minimum absolute atomic E-state index is 0.220. The van der Waals surface area contributed by atoms with Crippen molar-refractivity contribution in [1.29, 1.82) is 0 Å². The maximum absolute atomic E-state index is 12.3. The first-order valence-corrected chi connectivity index (χ1v) is 7.62. The number of aryl methyl sites for hydroxylation is 1. The van der Waals surface area contributed by atoms with E-state index < -0.39 is 0 Å². The smallest absolute Gasteiger partial charge is 0.270 e. The molecule has 2 aromatic heterocycles. The van der Waals surface area contributed by atoms with Gasteiger partial charge in [0.1, 0.15) is 10.7 Å². The van der Waals surface area contributed by atoms with Gasteiger partial charge in [0.15, 0.2) is 0 Å². The van der Waals surface area contributed by atoms with E-state index >= 15 is 0 Å². The summed E-state index contributed by atoms with van der Waals surface area (Å²) >= 11 is 4.48. The first-order chi connectivity index (χ1) is 9.29. The Labute approximate surface area is 130 Å². The number of rotatable bonds is 2. The van der Waals surface area contributed by atoms with Crippen LogP contribution < -0.4 is 5.32 Å². The highest BCUT2D eigenvalue weighted by atomic mass is 79.9. The quantitative estimate of drug-likeness (QED) is 0.895. The van der Waals surface area contributed by atoms with E-state index in [1.807, 2.05) is 33.8 Å². The van der Waals surface area contributed by atoms with E-state index in [1.165, 1.54) is 0 Å². The van der Waals surface area contributed by atoms with Gasteiger partial charge in [0.2, 0.25) is 0 Å². The summed E-state index contributed by atoms with van der Waals surface area (Å²) in [6.45, 7) is 7.95. The molecule has 0 aromatic carbocycles. The number of carbonyl (C=O) groups is 1. The lowest BCUT2D eigenvalue weighted by molar-refractivity contribution is 0.102. The minimum atomic E-state index is -0.223. The Bertz CT molecular complexity index is 648. The van der Waals surface area contributed by atoms with E-state index in [4.69, 9.17) is 0 Å². The molecule has 7 heteroatoms. The van der Waals surface area contributed by atoms with Gasteiger partial charge in [-0.15, -0.1) is 5.10 Å². The zero-order valence-electron chi connectivity index (χ0n) is 11.7. The number of hydrogen-bond acceptors (Lipinski definition) is 5. The Morgan fingerprint density at radius 1 is 1.40 bits per heavy atom. The van der Waals surface area contributed by atoms with Crippen LogP contribution in [0.5, 0.6) is 0 Å². The Balaban J connectivity index is 2.25. The summed E-state index contributed by atoms with van der Waals surface area (Å²) in [7, 11) is 0. The number of anilines is 1. The predicted molar refractivity (Wildman–Crippen MR) is 83.2 cm³/mol. The molecule has 1 N–H and O–H groups in total. The molecule has 2 aromatic rings. The molecular weight excluding hydrogens is 340 g/mol. The second-order valence-electron chi connectivity index (χ2n) is 5.47. The number of pyridine rings is 1. The van der Waals surface area contributed by atoms with E-state index in [0.29, 0.717) is 16.4 Å². The Morgan fingerprint density at radius 2 is 2.10 bits per heavy atom. The highest BCUT2D eigenvalue weighted by Gasteiger charge is 2.26. The summed E-state index contributed by atoms with van der Waals surface area (Å²) in [6, 6.07) is 1.81. The van der Waals surface area contributed by atoms with Gasteiger partial charge in [-0.25, -0.2) is 4.98 Å². The summed E-state index contributed by atoms with van der Waals surface area (Å²) in [5, 5.41) is 6.85. The van der Waals surface area contributed by atoms with Crippen molar-refractivity contribution in [2.75, 3.05) is 5.32 Å². The van der Waals surface area contributed by atoms with E-state index in [1.54, 1.807) is 6.20 Å². The average Bonchev–Trinajstić information content (AvgIpc) is 2.83. The van der Waals surface area contributed by atoms with Gasteiger partial charge in [-0.2, -0.15) is 0 Å². The zero-order valence-corrected chi connectivity index (χ0v) is 14.1. The SMILES string of the molecule is Cc1cc(NC(=O)c2snnc2C(C)(C)C)ncc1Br. The second-order valence-corrected chi connectivity index (χ2v) is 7.08. The molecule has 0 saturated carbocycles. The Kier molecular flexibility index (Phi) is 4.19. The van der Waals surface area contributed by atoms with Gasteiger partial charge < -0.3 is 5.32 Å². The van der Waals surface area contributed by atoms with Gasteiger partial charge in [0.05, 0.1) is 5.69 Å². The number of halogens is 1. The highest BCUT2D eigenvalue weighted by molar-refractivity contribution is 9.10. The van der Waals surface area contributed by atoms with Gasteiger partial charge in [-0.3, -0.25) is 4.79 Å². The van der Waals surface area contributed by atoms with Crippen molar-refractivity contribution < 1.29 is 4.79 Å². The first-order valence-electron chi connectivity index (χ1n) is 6.05. The zero-order chi connectivity index (χ0) is 14.9. The van der Waals surface area contributed by atoms with Crippen LogP contribution in [-0.2, 0) is 5.41 Å². The molecule has 0 aliphatic carbocycles. The van der Waals surface area contributed by atoms with E-state index in [-0.39, 0.29) is 11.3 Å². The van der Waals surface area contributed by atoms with Crippen LogP contribution in [0, 0.1) is 6.92 Å². The molecule has 106 valence electrons. The third-order valence-corrected chi connectivity index (χ3v) is 4.25. The molecule has 2 heterocycles. The fourth-order valence-electron chi connectivity index (χ4n) is 1.61. The first kappa shape index (κ1) is 15.1. The second kappa shape index (κ2) is 5.57. The molecule has 0 aliphatic heterocycles. The number of aromatic nitrogens is 3. The fraction of sp³-hybridized carbons (Fsp3) is 0.385. The van der Waals surface area contributed by atoms with Crippen LogP contribution in [0.4, 0.5) is 5.82 Å². The molecule has 5 nitrogen and oxygen atoms in total. The van der Waals surface area contributed by atoms with E-state index in [2.05, 4.69) is 35.8 Å². The molecule has 20 heavy (non-hydrogen) atoms. The van der Waals surface area contributed by atoms with Crippen molar-refractivity contribution in [1.82, 2.24) is 14.6 Å². The number of hydrogen-bond donors (Lipinski definition) is 1. The predicted octanol–water partition coefficient (Wildman–Crippen LogP) is 3.55. The highest BCUT2D eigenvalue weighted by Crippen LogP contribution is 2.26. The third-order valence-electron chi connectivity index (χ3n) is 2.69. The molecule has 1 amide bonds. The molecule has 0 fully saturated rings.